The van der Waals surface area contributed by atoms with Gasteiger partial charge in [0.25, 0.3) is 5.91 Å². The molecule has 8 nitrogen and oxygen atoms in total. The molecule has 3 N–H and O–H groups in total. The monoisotopic (exact) mass is 477 g/mol. The van der Waals surface area contributed by atoms with E-state index in [4.69, 9.17) is 4.74 Å². The van der Waals surface area contributed by atoms with Gasteiger partial charge in [0.05, 0.1) is 12.6 Å². The number of carbonyl (C=O) groups is 3. The number of aliphatic hydroxyl groups is 1. The van der Waals surface area contributed by atoms with E-state index >= 15 is 0 Å². The largest absolute Gasteiger partial charge is 0.445 e. The third-order valence-corrected chi connectivity index (χ3v) is 6.56. The summed E-state index contributed by atoms with van der Waals surface area (Å²) in [6.45, 7) is 1.52. The molecule has 4 rings (SSSR count). The summed E-state index contributed by atoms with van der Waals surface area (Å²) in [5.74, 6) is -0.787. The van der Waals surface area contributed by atoms with E-state index in [1.54, 1.807) is 11.8 Å². The highest BCUT2D eigenvalue weighted by molar-refractivity contribution is 6.00. The molecule has 2 aliphatic rings. The Hall–Kier alpha value is -3.65. The van der Waals surface area contributed by atoms with Crippen molar-refractivity contribution in [2.24, 2.45) is 0 Å². The van der Waals surface area contributed by atoms with Crippen molar-refractivity contribution in [1.82, 2.24) is 15.5 Å². The molecule has 0 unspecified atom stereocenters. The minimum absolute atomic E-state index is 0.0162. The summed E-state index contributed by atoms with van der Waals surface area (Å²) in [7, 11) is 0. The Labute approximate surface area is 205 Å². The molecule has 3 atom stereocenters. The van der Waals surface area contributed by atoms with Crippen LogP contribution in [0.4, 0.5) is 4.79 Å². The highest BCUT2D eigenvalue weighted by Crippen LogP contribution is 2.35. The molecule has 2 aromatic carbocycles. The SMILES string of the molecule is C[C@H](NC(=O)OCc1ccccc1)C(=O)NC1=C(Cc2ccccc2)C[C@@H]2CC[C@@H](CO)N2C1=O. The fourth-order valence-corrected chi connectivity index (χ4v) is 4.72. The van der Waals surface area contributed by atoms with E-state index in [2.05, 4.69) is 10.6 Å². The second kappa shape index (κ2) is 11.2. The zero-order chi connectivity index (χ0) is 24.8. The van der Waals surface area contributed by atoms with E-state index in [1.807, 2.05) is 60.7 Å². The molecular formula is C27H31N3O5. The van der Waals surface area contributed by atoms with Gasteiger partial charge in [-0.2, -0.15) is 0 Å². The normalized spacial score (nSPS) is 20.3. The molecule has 184 valence electrons. The van der Waals surface area contributed by atoms with Gasteiger partial charge in [-0.05, 0) is 49.3 Å². The summed E-state index contributed by atoms with van der Waals surface area (Å²) in [6.07, 6.45) is 2.01. The van der Waals surface area contributed by atoms with Crippen LogP contribution in [0.1, 0.15) is 37.3 Å². The summed E-state index contributed by atoms with van der Waals surface area (Å²) >= 11 is 0. The highest BCUT2D eigenvalue weighted by atomic mass is 16.5. The summed E-state index contributed by atoms with van der Waals surface area (Å²) in [5, 5.41) is 15.1. The van der Waals surface area contributed by atoms with Crippen LogP contribution in [0, 0.1) is 0 Å². The third-order valence-electron chi connectivity index (χ3n) is 6.56. The van der Waals surface area contributed by atoms with Gasteiger partial charge in [0.1, 0.15) is 18.3 Å². The fourth-order valence-electron chi connectivity index (χ4n) is 4.72. The molecule has 1 fully saturated rings. The molecular weight excluding hydrogens is 446 g/mol. The maximum Gasteiger partial charge on any atom is 0.408 e. The Kier molecular flexibility index (Phi) is 7.82. The Morgan fingerprint density at radius 1 is 1.06 bits per heavy atom. The molecule has 0 radical (unpaired) electrons. The predicted molar refractivity (Wildman–Crippen MR) is 130 cm³/mol. The summed E-state index contributed by atoms with van der Waals surface area (Å²) in [6, 6.07) is 17.9. The highest BCUT2D eigenvalue weighted by Gasteiger charge is 2.43. The number of aliphatic hydroxyl groups excluding tert-OH is 1. The zero-order valence-electron chi connectivity index (χ0n) is 19.8. The van der Waals surface area contributed by atoms with Crippen LogP contribution in [0.2, 0.25) is 0 Å². The molecule has 0 bridgehead atoms. The smallest absolute Gasteiger partial charge is 0.408 e. The second-order valence-corrected chi connectivity index (χ2v) is 9.04. The van der Waals surface area contributed by atoms with Crippen LogP contribution in [0.3, 0.4) is 0 Å². The van der Waals surface area contributed by atoms with Crippen LogP contribution in [0.5, 0.6) is 0 Å². The van der Waals surface area contributed by atoms with Gasteiger partial charge in [-0.15, -0.1) is 0 Å². The van der Waals surface area contributed by atoms with Crippen LogP contribution in [0.25, 0.3) is 0 Å². The van der Waals surface area contributed by atoms with Crippen molar-refractivity contribution in [2.75, 3.05) is 6.61 Å². The van der Waals surface area contributed by atoms with Crippen molar-refractivity contribution in [1.29, 1.82) is 0 Å². The maximum atomic E-state index is 13.4. The lowest BCUT2D eigenvalue weighted by Crippen LogP contribution is -2.52. The number of nitrogens with zero attached hydrogens (tertiary/aromatic N) is 1. The van der Waals surface area contributed by atoms with E-state index in [9.17, 15) is 19.5 Å². The van der Waals surface area contributed by atoms with Crippen LogP contribution in [0.15, 0.2) is 71.9 Å². The van der Waals surface area contributed by atoms with Gasteiger partial charge in [-0.1, -0.05) is 60.7 Å². The standard InChI is InChI=1S/C27H31N3O5/c1-18(28-27(34)35-17-20-10-6-3-7-11-20)25(32)29-24-21(14-19-8-4-2-5-9-19)15-22-12-13-23(16-31)30(22)26(24)33/h2-11,18,22-23,31H,12-17H2,1H3,(H,28,34)(H,29,32)/t18-,22-,23-/m0/s1. The lowest BCUT2D eigenvalue weighted by Gasteiger charge is -2.36. The average molecular weight is 478 g/mol. The molecule has 1 saturated heterocycles. The number of nitrogens with one attached hydrogen (secondary N) is 2. The number of fused-ring (bicyclic) bond motifs is 1. The number of hydrogen-bond acceptors (Lipinski definition) is 5. The number of benzene rings is 2. The maximum absolute atomic E-state index is 13.4. The number of rotatable bonds is 8. The van der Waals surface area contributed by atoms with Crippen LogP contribution in [-0.4, -0.2) is 52.6 Å². The van der Waals surface area contributed by atoms with Gasteiger partial charge in [0, 0.05) is 6.04 Å². The first-order chi connectivity index (χ1) is 17.0. The van der Waals surface area contributed by atoms with Crippen LogP contribution in [-0.2, 0) is 27.4 Å². The molecule has 0 aromatic heterocycles. The number of alkyl carbamates (subject to hydrolysis) is 1. The first kappa shape index (κ1) is 24.5. The van der Waals surface area contributed by atoms with Crippen molar-refractivity contribution in [2.45, 2.75) is 57.3 Å². The van der Waals surface area contributed by atoms with E-state index in [1.165, 1.54) is 0 Å². The molecule has 3 amide bonds. The van der Waals surface area contributed by atoms with Gasteiger partial charge in [-0.25, -0.2) is 4.79 Å². The number of hydrogen-bond donors (Lipinski definition) is 3. The average Bonchev–Trinajstić information content (AvgIpc) is 3.29. The van der Waals surface area contributed by atoms with Gasteiger partial charge >= 0.3 is 6.09 Å². The zero-order valence-corrected chi connectivity index (χ0v) is 19.8. The second-order valence-electron chi connectivity index (χ2n) is 9.04. The Morgan fingerprint density at radius 2 is 1.71 bits per heavy atom. The lowest BCUT2D eigenvalue weighted by molar-refractivity contribution is -0.134. The van der Waals surface area contributed by atoms with Crippen LogP contribution < -0.4 is 10.6 Å². The first-order valence-corrected chi connectivity index (χ1v) is 11.9. The predicted octanol–water partition coefficient (Wildman–Crippen LogP) is 2.67. The van der Waals surface area contributed by atoms with Crippen molar-refractivity contribution in [3.63, 3.8) is 0 Å². The van der Waals surface area contributed by atoms with Crippen molar-refractivity contribution in [3.05, 3.63) is 83.1 Å². The minimum Gasteiger partial charge on any atom is -0.445 e. The number of carbonyl (C=O) groups excluding carboxylic acids is 3. The summed E-state index contributed by atoms with van der Waals surface area (Å²) in [4.78, 5) is 40.3. The number of ether oxygens (including phenoxy) is 1. The molecule has 0 aliphatic carbocycles. The Bertz CT molecular complexity index is 1090. The minimum atomic E-state index is -0.915. The molecule has 2 aromatic rings. The van der Waals surface area contributed by atoms with Gasteiger partial charge in [-0.3, -0.25) is 9.59 Å². The lowest BCUT2D eigenvalue weighted by atomic mass is 9.92. The van der Waals surface area contributed by atoms with Crippen molar-refractivity contribution >= 4 is 17.9 Å². The van der Waals surface area contributed by atoms with Crippen molar-refractivity contribution in [3.8, 4) is 0 Å². The quantitative estimate of drug-likeness (QED) is 0.542. The van der Waals surface area contributed by atoms with Gasteiger partial charge in [0.2, 0.25) is 5.91 Å². The van der Waals surface area contributed by atoms with E-state index in [0.717, 1.165) is 29.5 Å². The molecule has 8 heteroatoms. The van der Waals surface area contributed by atoms with E-state index < -0.39 is 18.0 Å². The van der Waals surface area contributed by atoms with Crippen molar-refractivity contribution < 1.29 is 24.2 Å². The Balaban J connectivity index is 1.45. The molecule has 0 saturated carbocycles. The topological polar surface area (TPSA) is 108 Å². The summed E-state index contributed by atoms with van der Waals surface area (Å²) < 4.78 is 5.20. The molecule has 0 spiro atoms. The third kappa shape index (κ3) is 5.89. The van der Waals surface area contributed by atoms with E-state index in [-0.39, 0.29) is 36.9 Å². The van der Waals surface area contributed by atoms with Gasteiger partial charge < -0.3 is 25.4 Å². The molecule has 2 aliphatic heterocycles. The summed E-state index contributed by atoms with van der Waals surface area (Å²) in [5.41, 5.74) is 2.97. The molecule has 35 heavy (non-hydrogen) atoms. The fraction of sp³-hybridized carbons (Fsp3) is 0.370. The first-order valence-electron chi connectivity index (χ1n) is 11.9. The molecule has 2 heterocycles. The van der Waals surface area contributed by atoms with E-state index in [0.29, 0.717) is 12.8 Å². The van der Waals surface area contributed by atoms with Crippen LogP contribution >= 0.6 is 0 Å². The van der Waals surface area contributed by atoms with Gasteiger partial charge in [0.15, 0.2) is 0 Å². The number of amides is 3. The Morgan fingerprint density at radius 3 is 2.37 bits per heavy atom.